The summed E-state index contributed by atoms with van der Waals surface area (Å²) in [4.78, 5) is 36.8. The van der Waals surface area contributed by atoms with Crippen LogP contribution < -0.4 is 16.6 Å². The molecule has 170 valence electrons. The summed E-state index contributed by atoms with van der Waals surface area (Å²) in [7, 11) is 0. The van der Waals surface area contributed by atoms with Crippen molar-refractivity contribution in [2.75, 3.05) is 11.1 Å². The molecule has 0 unspecified atom stereocenters. The van der Waals surface area contributed by atoms with Crippen molar-refractivity contribution in [2.24, 2.45) is 11.7 Å². The number of carbonyl (C=O) groups excluding carboxylic acids is 2. The van der Waals surface area contributed by atoms with Gasteiger partial charge in [-0.05, 0) is 48.7 Å². The van der Waals surface area contributed by atoms with E-state index >= 15 is 0 Å². The van der Waals surface area contributed by atoms with Gasteiger partial charge in [0.2, 0.25) is 17.6 Å². The average molecular weight is 465 g/mol. The van der Waals surface area contributed by atoms with Crippen LogP contribution in [0.2, 0.25) is 0 Å². The number of hydrogen-bond acceptors (Lipinski definition) is 6. The Bertz CT molecular complexity index is 1390. The van der Waals surface area contributed by atoms with Crippen LogP contribution in [0.25, 0.3) is 16.7 Å². The van der Waals surface area contributed by atoms with Crippen molar-refractivity contribution in [2.45, 2.75) is 32.0 Å². The fourth-order valence-electron chi connectivity index (χ4n) is 3.46. The number of nitrogens with zero attached hydrogens (tertiary/aromatic N) is 4. The number of para-hydroxylation sites is 1. The van der Waals surface area contributed by atoms with E-state index in [0.717, 1.165) is 6.42 Å². The van der Waals surface area contributed by atoms with Crippen LogP contribution in [0.5, 0.6) is 0 Å². The fraction of sp³-hybridized carbons (Fsp3) is 0.261. The zero-order valence-electron chi connectivity index (χ0n) is 18.3. The summed E-state index contributed by atoms with van der Waals surface area (Å²) in [6, 6.07) is 13.7. The minimum atomic E-state index is -0.527. The minimum Gasteiger partial charge on any atom is -0.366 e. The van der Waals surface area contributed by atoms with E-state index in [4.69, 9.17) is 5.73 Å². The number of nitrogens with one attached hydrogen (secondary N) is 1. The number of rotatable bonds is 8. The molecule has 0 atom stereocenters. The highest BCUT2D eigenvalue weighted by atomic mass is 32.2. The SMILES string of the molecule is CC(C)CCn1c(=O)c2ccccc2n2c(SCC(=O)Nc3ccc(C(N)=O)cc3)nnc12. The Morgan fingerprint density at radius 2 is 1.82 bits per heavy atom. The molecule has 2 aromatic heterocycles. The molecule has 0 fully saturated rings. The van der Waals surface area contributed by atoms with Gasteiger partial charge in [-0.2, -0.15) is 0 Å². The number of amides is 2. The van der Waals surface area contributed by atoms with Crippen molar-refractivity contribution in [3.05, 3.63) is 64.4 Å². The molecule has 0 saturated carbocycles. The molecule has 0 aliphatic heterocycles. The number of primary amides is 1. The lowest BCUT2D eigenvalue weighted by Gasteiger charge is -2.12. The van der Waals surface area contributed by atoms with Gasteiger partial charge in [0.05, 0.1) is 16.7 Å². The second kappa shape index (κ2) is 9.45. The van der Waals surface area contributed by atoms with E-state index in [1.807, 2.05) is 22.6 Å². The normalized spacial score (nSPS) is 11.4. The van der Waals surface area contributed by atoms with Crippen LogP contribution in [0, 0.1) is 5.92 Å². The Hall–Kier alpha value is -3.66. The Morgan fingerprint density at radius 3 is 2.52 bits per heavy atom. The summed E-state index contributed by atoms with van der Waals surface area (Å²) in [5, 5.41) is 12.4. The third-order valence-electron chi connectivity index (χ3n) is 5.19. The van der Waals surface area contributed by atoms with Crippen LogP contribution in [0.15, 0.2) is 58.5 Å². The molecule has 4 rings (SSSR count). The van der Waals surface area contributed by atoms with Gasteiger partial charge in [0.1, 0.15) is 0 Å². The number of thioether (sulfide) groups is 1. The second-order valence-corrected chi connectivity index (χ2v) is 9.00. The van der Waals surface area contributed by atoms with Crippen molar-refractivity contribution in [1.29, 1.82) is 0 Å². The summed E-state index contributed by atoms with van der Waals surface area (Å²) >= 11 is 1.23. The molecule has 0 saturated heterocycles. The van der Waals surface area contributed by atoms with Crippen LogP contribution in [0.3, 0.4) is 0 Å². The van der Waals surface area contributed by atoms with Gasteiger partial charge in [-0.15, -0.1) is 10.2 Å². The topological polar surface area (TPSA) is 124 Å². The van der Waals surface area contributed by atoms with Gasteiger partial charge in [0.15, 0.2) is 5.16 Å². The smallest absolute Gasteiger partial charge is 0.262 e. The number of benzene rings is 2. The molecule has 4 aromatic rings. The fourth-order valence-corrected chi connectivity index (χ4v) is 4.20. The molecule has 2 aromatic carbocycles. The minimum absolute atomic E-state index is 0.0951. The second-order valence-electron chi connectivity index (χ2n) is 8.05. The summed E-state index contributed by atoms with van der Waals surface area (Å²) in [5.41, 5.74) is 6.77. The van der Waals surface area contributed by atoms with E-state index in [2.05, 4.69) is 29.4 Å². The van der Waals surface area contributed by atoms with E-state index in [9.17, 15) is 14.4 Å². The van der Waals surface area contributed by atoms with Crippen LogP contribution >= 0.6 is 11.8 Å². The molecule has 9 nitrogen and oxygen atoms in total. The summed E-state index contributed by atoms with van der Waals surface area (Å²) in [5.74, 6) is 0.227. The number of nitrogens with two attached hydrogens (primary N) is 1. The van der Waals surface area contributed by atoms with E-state index in [1.54, 1.807) is 34.9 Å². The zero-order chi connectivity index (χ0) is 23.5. The zero-order valence-corrected chi connectivity index (χ0v) is 19.1. The maximum atomic E-state index is 13.1. The number of fused-ring (bicyclic) bond motifs is 3. The van der Waals surface area contributed by atoms with Crippen molar-refractivity contribution in [1.82, 2.24) is 19.2 Å². The lowest BCUT2D eigenvalue weighted by molar-refractivity contribution is -0.113. The Kier molecular flexibility index (Phi) is 6.45. The van der Waals surface area contributed by atoms with Crippen LogP contribution in [0.1, 0.15) is 30.6 Å². The highest BCUT2D eigenvalue weighted by Crippen LogP contribution is 2.22. The summed E-state index contributed by atoms with van der Waals surface area (Å²) in [6.07, 6.45) is 0.834. The monoisotopic (exact) mass is 464 g/mol. The van der Waals surface area contributed by atoms with Crippen LogP contribution in [-0.2, 0) is 11.3 Å². The summed E-state index contributed by atoms with van der Waals surface area (Å²) < 4.78 is 3.48. The molecule has 0 spiro atoms. The van der Waals surface area contributed by atoms with Gasteiger partial charge in [0.25, 0.3) is 5.56 Å². The molecule has 0 aliphatic rings. The Morgan fingerprint density at radius 1 is 1.09 bits per heavy atom. The highest BCUT2D eigenvalue weighted by Gasteiger charge is 2.18. The van der Waals surface area contributed by atoms with Gasteiger partial charge in [-0.1, -0.05) is 37.7 Å². The standard InChI is InChI=1S/C23H24N6O3S/c1-14(2)11-12-28-21(32)17-5-3-4-6-18(17)29-22(28)26-27-23(29)33-13-19(30)25-16-9-7-15(8-10-16)20(24)31/h3-10,14H,11-13H2,1-2H3,(H2,24,31)(H,25,30). The number of hydrogen-bond donors (Lipinski definition) is 2. The van der Waals surface area contributed by atoms with Crippen molar-refractivity contribution in [3.63, 3.8) is 0 Å². The van der Waals surface area contributed by atoms with Crippen LogP contribution in [-0.4, -0.2) is 36.7 Å². The first-order valence-electron chi connectivity index (χ1n) is 10.5. The van der Waals surface area contributed by atoms with Gasteiger partial charge in [-0.25, -0.2) is 0 Å². The van der Waals surface area contributed by atoms with Crippen molar-refractivity contribution >= 4 is 45.9 Å². The number of aromatic nitrogens is 4. The van der Waals surface area contributed by atoms with Crippen molar-refractivity contribution in [3.8, 4) is 0 Å². The first kappa shape index (κ1) is 22.5. The molecule has 0 aliphatic carbocycles. The summed E-state index contributed by atoms with van der Waals surface area (Å²) in [6.45, 7) is 4.75. The first-order chi connectivity index (χ1) is 15.8. The Balaban J connectivity index is 1.60. The molecule has 2 heterocycles. The van der Waals surface area contributed by atoms with Gasteiger partial charge < -0.3 is 11.1 Å². The van der Waals surface area contributed by atoms with E-state index in [1.165, 1.54) is 11.8 Å². The predicted octanol–water partition coefficient (Wildman–Crippen LogP) is 2.92. The maximum absolute atomic E-state index is 13.1. The largest absolute Gasteiger partial charge is 0.366 e. The molecule has 10 heteroatoms. The average Bonchev–Trinajstić information content (AvgIpc) is 3.22. The van der Waals surface area contributed by atoms with Gasteiger partial charge >= 0.3 is 0 Å². The number of anilines is 1. The van der Waals surface area contributed by atoms with E-state index in [-0.39, 0.29) is 17.2 Å². The molecule has 0 bridgehead atoms. The molecule has 2 amide bonds. The van der Waals surface area contributed by atoms with E-state index < -0.39 is 5.91 Å². The third kappa shape index (κ3) is 4.75. The van der Waals surface area contributed by atoms with Gasteiger partial charge in [-0.3, -0.25) is 23.4 Å². The van der Waals surface area contributed by atoms with E-state index in [0.29, 0.717) is 45.6 Å². The number of aryl methyl sites for hydroxylation is 1. The molecule has 0 radical (unpaired) electrons. The Labute approximate surface area is 194 Å². The molecular formula is C23H24N6O3S. The van der Waals surface area contributed by atoms with Crippen molar-refractivity contribution < 1.29 is 9.59 Å². The molecule has 3 N–H and O–H groups in total. The molecule has 33 heavy (non-hydrogen) atoms. The number of carbonyl (C=O) groups is 2. The molecular weight excluding hydrogens is 440 g/mol. The third-order valence-corrected chi connectivity index (χ3v) is 6.12. The predicted molar refractivity (Wildman–Crippen MR) is 129 cm³/mol. The highest BCUT2D eigenvalue weighted by molar-refractivity contribution is 7.99. The van der Waals surface area contributed by atoms with Gasteiger partial charge in [0, 0.05) is 17.8 Å². The van der Waals surface area contributed by atoms with Crippen LogP contribution in [0.4, 0.5) is 5.69 Å². The maximum Gasteiger partial charge on any atom is 0.262 e. The quantitative estimate of drug-likeness (QED) is 0.386. The lowest BCUT2D eigenvalue weighted by Crippen LogP contribution is -2.24. The first-order valence-corrected chi connectivity index (χ1v) is 11.5. The lowest BCUT2D eigenvalue weighted by atomic mass is 10.1.